The second-order valence-corrected chi connectivity index (χ2v) is 5.84. The Bertz CT molecular complexity index is 1270. The van der Waals surface area contributed by atoms with Crippen molar-refractivity contribution in [3.05, 3.63) is 93.0 Å². The molecular formula is C19H14N6O3. The lowest BCUT2D eigenvalue weighted by Gasteiger charge is -2.01. The average Bonchev–Trinajstić information content (AvgIpc) is 3.06. The molecular weight excluding hydrogens is 360 g/mol. The maximum Gasteiger partial charge on any atom is 0.326 e. The van der Waals surface area contributed by atoms with E-state index < -0.39 is 17.2 Å². The van der Waals surface area contributed by atoms with Gasteiger partial charge in [0.2, 0.25) is 0 Å². The molecule has 0 atom stereocenters. The number of aromatic amines is 2. The van der Waals surface area contributed by atoms with E-state index in [0.29, 0.717) is 11.4 Å². The fraction of sp³-hybridized carbons (Fsp3) is 0. The van der Waals surface area contributed by atoms with Gasteiger partial charge in [0.1, 0.15) is 11.3 Å². The molecule has 3 heterocycles. The Morgan fingerprint density at radius 2 is 1.86 bits per heavy atom. The van der Waals surface area contributed by atoms with Crippen LogP contribution in [0.3, 0.4) is 0 Å². The van der Waals surface area contributed by atoms with Gasteiger partial charge in [0.05, 0.1) is 17.6 Å². The summed E-state index contributed by atoms with van der Waals surface area (Å²) in [5.74, 6) is -0.713. The van der Waals surface area contributed by atoms with Crippen LogP contribution in [0.15, 0.2) is 75.5 Å². The molecule has 9 heteroatoms. The fourth-order valence-corrected chi connectivity index (χ4v) is 2.75. The SMILES string of the molecule is O=C(N/N=C/c1c(-c2ccccc2)nc2ccccn12)c1cc(=O)[nH]c(=O)[nH]1. The summed E-state index contributed by atoms with van der Waals surface area (Å²) in [7, 11) is 0. The topological polar surface area (TPSA) is 124 Å². The molecule has 138 valence electrons. The lowest BCUT2D eigenvalue weighted by atomic mass is 10.1. The molecule has 3 aromatic heterocycles. The summed E-state index contributed by atoms with van der Waals surface area (Å²) >= 11 is 0. The molecule has 0 saturated heterocycles. The third-order valence-corrected chi connectivity index (χ3v) is 3.97. The summed E-state index contributed by atoms with van der Waals surface area (Å²) in [5, 5.41) is 3.97. The van der Waals surface area contributed by atoms with E-state index >= 15 is 0 Å². The zero-order chi connectivity index (χ0) is 19.5. The highest BCUT2D eigenvalue weighted by molar-refractivity contribution is 5.94. The van der Waals surface area contributed by atoms with Crippen LogP contribution in [0, 0.1) is 0 Å². The molecule has 0 bridgehead atoms. The quantitative estimate of drug-likeness (QED) is 0.366. The van der Waals surface area contributed by atoms with Crippen molar-refractivity contribution in [3.8, 4) is 11.3 Å². The Balaban J connectivity index is 1.68. The lowest BCUT2D eigenvalue weighted by molar-refractivity contribution is 0.0949. The smallest absolute Gasteiger partial charge is 0.303 e. The highest BCUT2D eigenvalue weighted by Gasteiger charge is 2.12. The summed E-state index contributed by atoms with van der Waals surface area (Å²) in [6.45, 7) is 0. The summed E-state index contributed by atoms with van der Waals surface area (Å²) in [4.78, 5) is 43.6. The standard InChI is InChI=1S/C19H14N6O3/c26-16-10-13(21-19(28)23-16)18(27)24-20-11-14-17(12-6-2-1-3-7-12)22-15-8-4-5-9-25(14)15/h1-11H,(H,24,27)(H2,21,23,26,28)/b20-11+. The van der Waals surface area contributed by atoms with Gasteiger partial charge in [-0.25, -0.2) is 15.2 Å². The van der Waals surface area contributed by atoms with Crippen LogP contribution < -0.4 is 16.7 Å². The molecule has 0 aliphatic carbocycles. The first kappa shape index (κ1) is 17.2. The van der Waals surface area contributed by atoms with E-state index in [2.05, 4.69) is 20.5 Å². The zero-order valence-corrected chi connectivity index (χ0v) is 14.4. The Morgan fingerprint density at radius 1 is 1.07 bits per heavy atom. The van der Waals surface area contributed by atoms with Crippen molar-refractivity contribution in [2.45, 2.75) is 0 Å². The molecule has 0 spiro atoms. The number of nitrogens with one attached hydrogen (secondary N) is 3. The Labute approximate surface area is 157 Å². The molecule has 0 radical (unpaired) electrons. The van der Waals surface area contributed by atoms with Crippen LogP contribution in [0.1, 0.15) is 16.2 Å². The van der Waals surface area contributed by atoms with Gasteiger partial charge in [0, 0.05) is 17.8 Å². The molecule has 1 aromatic carbocycles. The third-order valence-electron chi connectivity index (χ3n) is 3.97. The van der Waals surface area contributed by atoms with E-state index in [4.69, 9.17) is 0 Å². The van der Waals surface area contributed by atoms with Crippen molar-refractivity contribution in [1.82, 2.24) is 24.8 Å². The van der Waals surface area contributed by atoms with E-state index in [0.717, 1.165) is 17.3 Å². The maximum absolute atomic E-state index is 12.1. The molecule has 4 aromatic rings. The van der Waals surface area contributed by atoms with Gasteiger partial charge >= 0.3 is 5.69 Å². The van der Waals surface area contributed by atoms with E-state index in [9.17, 15) is 14.4 Å². The number of H-pyrrole nitrogens is 2. The number of benzene rings is 1. The van der Waals surface area contributed by atoms with Crippen LogP contribution in [0.25, 0.3) is 16.9 Å². The summed E-state index contributed by atoms with van der Waals surface area (Å²) in [5.41, 5.74) is 3.67. The predicted molar refractivity (Wildman–Crippen MR) is 103 cm³/mol. The first-order valence-corrected chi connectivity index (χ1v) is 8.31. The first-order chi connectivity index (χ1) is 13.6. The number of amides is 1. The third kappa shape index (κ3) is 3.36. The van der Waals surface area contributed by atoms with Gasteiger partial charge in [0.25, 0.3) is 11.5 Å². The van der Waals surface area contributed by atoms with E-state index in [1.807, 2.05) is 64.1 Å². The van der Waals surface area contributed by atoms with Crippen molar-refractivity contribution < 1.29 is 4.79 Å². The molecule has 1 amide bonds. The molecule has 9 nitrogen and oxygen atoms in total. The molecule has 4 rings (SSSR count). The number of hydrazone groups is 1. The number of fused-ring (bicyclic) bond motifs is 1. The summed E-state index contributed by atoms with van der Waals surface area (Å²) in [6, 6.07) is 16.2. The number of aromatic nitrogens is 4. The molecule has 0 fully saturated rings. The minimum absolute atomic E-state index is 0.188. The average molecular weight is 374 g/mol. The molecule has 28 heavy (non-hydrogen) atoms. The largest absolute Gasteiger partial charge is 0.326 e. The molecule has 0 aliphatic rings. The number of rotatable bonds is 4. The predicted octanol–water partition coefficient (Wildman–Crippen LogP) is 1.14. The molecule has 0 unspecified atom stereocenters. The summed E-state index contributed by atoms with van der Waals surface area (Å²) in [6.07, 6.45) is 3.30. The normalized spacial score (nSPS) is 11.1. The fourth-order valence-electron chi connectivity index (χ4n) is 2.75. The van der Waals surface area contributed by atoms with Crippen LogP contribution in [0.4, 0.5) is 0 Å². The van der Waals surface area contributed by atoms with Gasteiger partial charge < -0.3 is 4.98 Å². The van der Waals surface area contributed by atoms with Crippen molar-refractivity contribution in [2.75, 3.05) is 0 Å². The second-order valence-electron chi connectivity index (χ2n) is 5.84. The molecule has 0 aliphatic heterocycles. The molecule has 3 N–H and O–H groups in total. The highest BCUT2D eigenvalue weighted by atomic mass is 16.2. The van der Waals surface area contributed by atoms with E-state index in [1.165, 1.54) is 6.21 Å². The first-order valence-electron chi connectivity index (χ1n) is 8.31. The van der Waals surface area contributed by atoms with Crippen LogP contribution in [-0.2, 0) is 0 Å². The number of carbonyl (C=O) groups excluding carboxylic acids is 1. The van der Waals surface area contributed by atoms with Crippen LogP contribution in [0.5, 0.6) is 0 Å². The number of hydrogen-bond donors (Lipinski definition) is 3. The van der Waals surface area contributed by atoms with Gasteiger partial charge in [-0.1, -0.05) is 36.4 Å². The number of nitrogens with zero attached hydrogens (tertiary/aromatic N) is 3. The maximum atomic E-state index is 12.1. The zero-order valence-electron chi connectivity index (χ0n) is 14.4. The number of pyridine rings is 1. The van der Waals surface area contributed by atoms with Gasteiger partial charge in [-0.3, -0.25) is 19.0 Å². The van der Waals surface area contributed by atoms with Gasteiger partial charge in [0.15, 0.2) is 0 Å². The minimum atomic E-state index is -0.769. The number of imidazole rings is 1. The number of hydrogen-bond acceptors (Lipinski definition) is 5. The van der Waals surface area contributed by atoms with Gasteiger partial charge in [-0.2, -0.15) is 5.10 Å². The van der Waals surface area contributed by atoms with Crippen molar-refractivity contribution in [1.29, 1.82) is 0 Å². The minimum Gasteiger partial charge on any atom is -0.303 e. The van der Waals surface area contributed by atoms with Crippen molar-refractivity contribution >= 4 is 17.8 Å². The number of carbonyl (C=O) groups is 1. The monoisotopic (exact) mass is 374 g/mol. The van der Waals surface area contributed by atoms with Crippen LogP contribution in [-0.4, -0.2) is 31.5 Å². The van der Waals surface area contributed by atoms with Crippen molar-refractivity contribution in [3.63, 3.8) is 0 Å². The highest BCUT2D eigenvalue weighted by Crippen LogP contribution is 2.22. The summed E-state index contributed by atoms with van der Waals surface area (Å²) < 4.78 is 1.84. The van der Waals surface area contributed by atoms with Gasteiger partial charge in [-0.05, 0) is 12.1 Å². The van der Waals surface area contributed by atoms with E-state index in [1.54, 1.807) is 0 Å². The van der Waals surface area contributed by atoms with Gasteiger partial charge in [-0.15, -0.1) is 0 Å². The Morgan fingerprint density at radius 3 is 2.64 bits per heavy atom. The Hall–Kier alpha value is -4.27. The second kappa shape index (κ2) is 7.16. The van der Waals surface area contributed by atoms with Crippen LogP contribution in [0.2, 0.25) is 0 Å². The van der Waals surface area contributed by atoms with Crippen molar-refractivity contribution in [2.24, 2.45) is 5.10 Å². The molecule has 0 saturated carbocycles. The van der Waals surface area contributed by atoms with E-state index in [-0.39, 0.29) is 5.69 Å². The Kier molecular flexibility index (Phi) is 4.38. The van der Waals surface area contributed by atoms with Crippen LogP contribution >= 0.6 is 0 Å². The lowest BCUT2D eigenvalue weighted by Crippen LogP contribution is -2.28.